The van der Waals surface area contributed by atoms with E-state index in [1.165, 1.54) is 19.3 Å². The Morgan fingerprint density at radius 2 is 1.84 bits per heavy atom. The van der Waals surface area contributed by atoms with Gasteiger partial charge in [-0.1, -0.05) is 26.2 Å². The highest BCUT2D eigenvalue weighted by Gasteiger charge is 2.36. The van der Waals surface area contributed by atoms with Crippen molar-refractivity contribution >= 4 is 11.9 Å². The lowest BCUT2D eigenvalue weighted by molar-refractivity contribution is -0.153. The maximum absolute atomic E-state index is 12.4. The van der Waals surface area contributed by atoms with Crippen molar-refractivity contribution in [3.63, 3.8) is 0 Å². The molecular formula is C15H25NO3. The summed E-state index contributed by atoms with van der Waals surface area (Å²) < 4.78 is 0. The summed E-state index contributed by atoms with van der Waals surface area (Å²) in [4.78, 5) is 25.3. The van der Waals surface area contributed by atoms with Crippen LogP contribution in [0.4, 0.5) is 0 Å². The zero-order chi connectivity index (χ0) is 13.9. The molecule has 108 valence electrons. The van der Waals surface area contributed by atoms with Crippen molar-refractivity contribution in [3.8, 4) is 0 Å². The van der Waals surface area contributed by atoms with Gasteiger partial charge in [0, 0.05) is 13.0 Å². The van der Waals surface area contributed by atoms with Gasteiger partial charge in [-0.05, 0) is 37.5 Å². The zero-order valence-electron chi connectivity index (χ0n) is 11.9. The van der Waals surface area contributed by atoms with Crippen molar-refractivity contribution in [3.05, 3.63) is 0 Å². The Balaban J connectivity index is 1.99. The molecule has 0 bridgehead atoms. The number of carboxylic acid groups (broad SMARTS) is 1. The summed E-state index contributed by atoms with van der Waals surface area (Å²) in [5.74, 6) is -0.793. The smallest absolute Gasteiger partial charge is 0.326 e. The molecule has 19 heavy (non-hydrogen) atoms. The van der Waals surface area contributed by atoms with Crippen LogP contribution < -0.4 is 0 Å². The van der Waals surface area contributed by atoms with Crippen LogP contribution in [0.3, 0.4) is 0 Å². The van der Waals surface area contributed by atoms with E-state index < -0.39 is 12.0 Å². The molecule has 1 atom stereocenters. The van der Waals surface area contributed by atoms with E-state index in [1.54, 1.807) is 4.90 Å². The zero-order valence-corrected chi connectivity index (χ0v) is 11.9. The molecule has 0 aromatic heterocycles. The van der Waals surface area contributed by atoms with Gasteiger partial charge in [0.25, 0.3) is 0 Å². The minimum Gasteiger partial charge on any atom is -0.480 e. The van der Waals surface area contributed by atoms with Crippen LogP contribution in [0.2, 0.25) is 0 Å². The average molecular weight is 267 g/mol. The molecule has 0 spiro atoms. The number of hydrogen-bond acceptors (Lipinski definition) is 2. The molecule has 2 aliphatic rings. The van der Waals surface area contributed by atoms with Crippen LogP contribution in [-0.4, -0.2) is 34.5 Å². The Kier molecular flexibility index (Phi) is 4.48. The fourth-order valence-corrected chi connectivity index (χ4v) is 3.54. The van der Waals surface area contributed by atoms with E-state index in [4.69, 9.17) is 0 Å². The molecule has 1 N–H and O–H groups in total. The summed E-state index contributed by atoms with van der Waals surface area (Å²) in [5.41, 5.74) is 0.0931. The molecule has 1 aliphatic carbocycles. The van der Waals surface area contributed by atoms with E-state index in [2.05, 4.69) is 6.92 Å². The predicted octanol–water partition coefficient (Wildman–Crippen LogP) is 2.81. The van der Waals surface area contributed by atoms with E-state index in [-0.39, 0.29) is 11.3 Å². The predicted molar refractivity (Wildman–Crippen MR) is 72.8 cm³/mol. The average Bonchev–Trinajstić information content (AvgIpc) is 2.39. The second-order valence-electron chi connectivity index (χ2n) is 6.49. The number of carbonyl (C=O) groups is 2. The van der Waals surface area contributed by atoms with Crippen LogP contribution in [0.25, 0.3) is 0 Å². The molecule has 4 nitrogen and oxygen atoms in total. The van der Waals surface area contributed by atoms with Crippen LogP contribution in [0.5, 0.6) is 0 Å². The summed E-state index contributed by atoms with van der Waals surface area (Å²) in [5, 5.41) is 9.23. The summed E-state index contributed by atoms with van der Waals surface area (Å²) >= 11 is 0. The molecule has 1 saturated carbocycles. The Hall–Kier alpha value is -1.06. The molecule has 1 amide bonds. The third-order valence-electron chi connectivity index (χ3n) is 4.75. The standard InChI is InChI=1S/C15H25NO3/c1-15(8-4-2-5-9-15)11-13(17)16-10-6-3-7-12(16)14(18)19/h12H,2-11H2,1H3,(H,18,19). The topological polar surface area (TPSA) is 57.6 Å². The van der Waals surface area contributed by atoms with Gasteiger partial charge in [-0.3, -0.25) is 4.79 Å². The van der Waals surface area contributed by atoms with E-state index in [9.17, 15) is 14.7 Å². The highest BCUT2D eigenvalue weighted by Crippen LogP contribution is 2.39. The lowest BCUT2D eigenvalue weighted by Crippen LogP contribution is -2.49. The number of piperidine rings is 1. The fraction of sp³-hybridized carbons (Fsp3) is 0.867. The molecule has 2 rings (SSSR count). The van der Waals surface area contributed by atoms with E-state index >= 15 is 0 Å². The maximum atomic E-state index is 12.4. The molecule has 1 saturated heterocycles. The molecule has 2 fully saturated rings. The largest absolute Gasteiger partial charge is 0.480 e. The number of nitrogens with zero attached hydrogens (tertiary/aromatic N) is 1. The number of rotatable bonds is 3. The highest BCUT2D eigenvalue weighted by atomic mass is 16.4. The quantitative estimate of drug-likeness (QED) is 0.855. The fourth-order valence-electron chi connectivity index (χ4n) is 3.54. The van der Waals surface area contributed by atoms with Crippen molar-refractivity contribution in [2.24, 2.45) is 5.41 Å². The van der Waals surface area contributed by atoms with Crippen molar-refractivity contribution < 1.29 is 14.7 Å². The highest BCUT2D eigenvalue weighted by molar-refractivity contribution is 5.84. The number of hydrogen-bond donors (Lipinski definition) is 1. The SMILES string of the molecule is CC1(CC(=O)N2CCCCC2C(=O)O)CCCCC1. The maximum Gasteiger partial charge on any atom is 0.326 e. The van der Waals surface area contributed by atoms with Crippen molar-refractivity contribution in [2.45, 2.75) is 70.8 Å². The van der Waals surface area contributed by atoms with Gasteiger partial charge in [0.1, 0.15) is 6.04 Å². The van der Waals surface area contributed by atoms with Crippen LogP contribution in [-0.2, 0) is 9.59 Å². The summed E-state index contributed by atoms with van der Waals surface area (Å²) in [6, 6.07) is -0.589. The third-order valence-corrected chi connectivity index (χ3v) is 4.75. The van der Waals surface area contributed by atoms with Gasteiger partial charge in [0.2, 0.25) is 5.91 Å². The van der Waals surface area contributed by atoms with Crippen molar-refractivity contribution in [1.29, 1.82) is 0 Å². The van der Waals surface area contributed by atoms with Crippen LogP contribution in [0.1, 0.15) is 64.7 Å². The first-order valence-electron chi connectivity index (χ1n) is 7.54. The second kappa shape index (κ2) is 5.93. The van der Waals surface area contributed by atoms with E-state index in [0.29, 0.717) is 19.4 Å². The lowest BCUT2D eigenvalue weighted by Gasteiger charge is -2.38. The van der Waals surface area contributed by atoms with Gasteiger partial charge >= 0.3 is 5.97 Å². The molecule has 0 radical (unpaired) electrons. The Morgan fingerprint density at radius 1 is 1.16 bits per heavy atom. The molecule has 1 aliphatic heterocycles. The summed E-state index contributed by atoms with van der Waals surface area (Å²) in [7, 11) is 0. The monoisotopic (exact) mass is 267 g/mol. The van der Waals surface area contributed by atoms with Crippen molar-refractivity contribution in [1.82, 2.24) is 4.90 Å². The third kappa shape index (κ3) is 3.48. The van der Waals surface area contributed by atoms with Gasteiger partial charge in [0.15, 0.2) is 0 Å². The minimum atomic E-state index is -0.846. The molecular weight excluding hydrogens is 242 g/mol. The Morgan fingerprint density at radius 3 is 2.47 bits per heavy atom. The second-order valence-corrected chi connectivity index (χ2v) is 6.49. The van der Waals surface area contributed by atoms with Gasteiger partial charge in [-0.15, -0.1) is 0 Å². The van der Waals surface area contributed by atoms with E-state index in [0.717, 1.165) is 25.7 Å². The molecule has 4 heteroatoms. The number of carbonyl (C=O) groups excluding carboxylic acids is 1. The minimum absolute atomic E-state index is 0.0523. The summed E-state index contributed by atoms with van der Waals surface area (Å²) in [6.45, 7) is 2.80. The Bertz CT molecular complexity index is 347. The van der Waals surface area contributed by atoms with Gasteiger partial charge in [-0.25, -0.2) is 4.79 Å². The number of amides is 1. The molecule has 0 aromatic carbocycles. The van der Waals surface area contributed by atoms with E-state index in [1.807, 2.05) is 0 Å². The number of likely N-dealkylation sites (tertiary alicyclic amines) is 1. The Labute approximate surface area is 115 Å². The van der Waals surface area contributed by atoms with Gasteiger partial charge in [0.05, 0.1) is 0 Å². The number of aliphatic carboxylic acids is 1. The lowest BCUT2D eigenvalue weighted by atomic mass is 9.73. The normalized spacial score (nSPS) is 27.0. The number of carboxylic acids is 1. The van der Waals surface area contributed by atoms with Crippen LogP contribution in [0, 0.1) is 5.41 Å². The van der Waals surface area contributed by atoms with Gasteiger partial charge < -0.3 is 10.0 Å². The molecule has 1 heterocycles. The van der Waals surface area contributed by atoms with Gasteiger partial charge in [-0.2, -0.15) is 0 Å². The van der Waals surface area contributed by atoms with Crippen LogP contribution in [0.15, 0.2) is 0 Å². The molecule has 1 unspecified atom stereocenters. The van der Waals surface area contributed by atoms with Crippen LogP contribution >= 0.6 is 0 Å². The first-order valence-corrected chi connectivity index (χ1v) is 7.54. The first-order chi connectivity index (χ1) is 9.02. The summed E-state index contributed by atoms with van der Waals surface area (Å²) in [6.07, 6.45) is 8.86. The molecule has 0 aromatic rings. The first kappa shape index (κ1) is 14.4. The van der Waals surface area contributed by atoms with Crippen molar-refractivity contribution in [2.75, 3.05) is 6.54 Å².